The van der Waals surface area contributed by atoms with Gasteiger partial charge in [-0.2, -0.15) is 5.10 Å². The van der Waals surface area contributed by atoms with Crippen molar-refractivity contribution >= 4 is 5.82 Å². The van der Waals surface area contributed by atoms with Crippen molar-refractivity contribution in [2.45, 2.75) is 6.54 Å². The van der Waals surface area contributed by atoms with Crippen molar-refractivity contribution in [3.05, 3.63) is 43.0 Å². The molecule has 96 valence electrons. The molecule has 0 aromatic carbocycles. The van der Waals surface area contributed by atoms with Gasteiger partial charge in [-0.05, 0) is 12.1 Å². The Morgan fingerprint density at radius 3 is 2.89 bits per heavy atom. The van der Waals surface area contributed by atoms with Crippen LogP contribution in [0.15, 0.2) is 37.2 Å². The van der Waals surface area contributed by atoms with E-state index in [0.717, 1.165) is 17.1 Å². The molecule has 0 radical (unpaired) electrons. The lowest BCUT2D eigenvalue weighted by Gasteiger charge is -2.07. The predicted octanol–water partition coefficient (Wildman–Crippen LogP) is 0.704. The van der Waals surface area contributed by atoms with Crippen LogP contribution in [0.3, 0.4) is 0 Å². The first-order valence-electron chi connectivity index (χ1n) is 5.79. The molecule has 0 amide bonds. The summed E-state index contributed by atoms with van der Waals surface area (Å²) in [6.07, 6.45) is 6.83. The summed E-state index contributed by atoms with van der Waals surface area (Å²) in [5.74, 6) is 1.21. The highest BCUT2D eigenvalue weighted by molar-refractivity contribution is 5.70. The van der Waals surface area contributed by atoms with Crippen LogP contribution in [0.1, 0.15) is 5.82 Å². The van der Waals surface area contributed by atoms with Gasteiger partial charge in [0.25, 0.3) is 0 Å². The van der Waals surface area contributed by atoms with E-state index in [-0.39, 0.29) is 0 Å². The van der Waals surface area contributed by atoms with Crippen LogP contribution in [-0.2, 0) is 13.6 Å². The highest BCUT2D eigenvalue weighted by Gasteiger charge is 2.10. The largest absolute Gasteiger partial charge is 0.383 e. The normalized spacial score (nSPS) is 10.8. The maximum atomic E-state index is 5.89. The van der Waals surface area contributed by atoms with E-state index in [2.05, 4.69) is 20.1 Å². The minimum atomic E-state index is 0.484. The second-order valence-corrected chi connectivity index (χ2v) is 4.18. The Labute approximate surface area is 109 Å². The van der Waals surface area contributed by atoms with E-state index in [1.54, 1.807) is 29.7 Å². The van der Waals surface area contributed by atoms with Crippen molar-refractivity contribution in [2.75, 3.05) is 5.73 Å². The fourth-order valence-corrected chi connectivity index (χ4v) is 1.91. The molecule has 3 aromatic heterocycles. The minimum absolute atomic E-state index is 0.484. The third-order valence-electron chi connectivity index (χ3n) is 2.79. The second kappa shape index (κ2) is 4.52. The summed E-state index contributed by atoms with van der Waals surface area (Å²) in [6.45, 7) is 0.546. The lowest BCUT2D eigenvalue weighted by Crippen LogP contribution is -2.04. The Bertz CT molecular complexity index is 697. The molecule has 2 N–H and O–H groups in total. The molecular formula is C12H13N7. The SMILES string of the molecule is Cn1cnc(Cn2cncc2-c2cccnc2N)n1. The molecule has 0 saturated carbocycles. The van der Waals surface area contributed by atoms with Crippen LogP contribution < -0.4 is 5.73 Å². The summed E-state index contributed by atoms with van der Waals surface area (Å²) in [5.41, 5.74) is 7.65. The summed E-state index contributed by atoms with van der Waals surface area (Å²) >= 11 is 0. The van der Waals surface area contributed by atoms with Gasteiger partial charge in [0.2, 0.25) is 0 Å². The zero-order chi connectivity index (χ0) is 13.2. The number of aryl methyl sites for hydroxylation is 1. The number of hydrogen-bond acceptors (Lipinski definition) is 5. The molecule has 7 nitrogen and oxygen atoms in total. The molecule has 0 spiro atoms. The van der Waals surface area contributed by atoms with Gasteiger partial charge in [0.15, 0.2) is 5.82 Å². The van der Waals surface area contributed by atoms with Crippen LogP contribution in [0.2, 0.25) is 0 Å². The number of pyridine rings is 1. The Morgan fingerprint density at radius 1 is 1.26 bits per heavy atom. The van der Waals surface area contributed by atoms with E-state index in [0.29, 0.717) is 12.4 Å². The molecule has 3 rings (SSSR count). The number of nitrogens with two attached hydrogens (primary N) is 1. The fourth-order valence-electron chi connectivity index (χ4n) is 1.91. The molecule has 19 heavy (non-hydrogen) atoms. The lowest BCUT2D eigenvalue weighted by atomic mass is 10.2. The highest BCUT2D eigenvalue weighted by atomic mass is 15.3. The van der Waals surface area contributed by atoms with Gasteiger partial charge in [0.05, 0.1) is 24.8 Å². The summed E-state index contributed by atoms with van der Waals surface area (Å²) < 4.78 is 3.62. The summed E-state index contributed by atoms with van der Waals surface area (Å²) in [4.78, 5) is 12.5. The number of rotatable bonds is 3. The van der Waals surface area contributed by atoms with Crippen molar-refractivity contribution in [2.24, 2.45) is 7.05 Å². The summed E-state index contributed by atoms with van der Waals surface area (Å²) in [7, 11) is 1.84. The second-order valence-electron chi connectivity index (χ2n) is 4.18. The topological polar surface area (TPSA) is 87.4 Å². The maximum absolute atomic E-state index is 5.89. The molecule has 3 heterocycles. The van der Waals surface area contributed by atoms with Crippen LogP contribution in [0.4, 0.5) is 5.82 Å². The molecular weight excluding hydrogens is 242 g/mol. The van der Waals surface area contributed by atoms with Gasteiger partial charge in [-0.1, -0.05) is 0 Å². The number of nitrogen functional groups attached to an aromatic ring is 1. The Morgan fingerprint density at radius 2 is 2.16 bits per heavy atom. The highest BCUT2D eigenvalue weighted by Crippen LogP contribution is 2.23. The number of aromatic nitrogens is 6. The average molecular weight is 255 g/mol. The van der Waals surface area contributed by atoms with Crippen molar-refractivity contribution in [3.8, 4) is 11.3 Å². The number of imidazole rings is 1. The van der Waals surface area contributed by atoms with E-state index >= 15 is 0 Å². The Balaban J connectivity index is 1.97. The van der Waals surface area contributed by atoms with Gasteiger partial charge in [-0.15, -0.1) is 0 Å². The first-order chi connectivity index (χ1) is 9.24. The third kappa shape index (κ3) is 2.17. The molecule has 0 aliphatic rings. The smallest absolute Gasteiger partial charge is 0.170 e. The number of hydrogen-bond donors (Lipinski definition) is 1. The number of nitrogens with zero attached hydrogens (tertiary/aromatic N) is 6. The molecule has 0 unspecified atom stereocenters. The molecule has 3 aromatic rings. The summed E-state index contributed by atoms with van der Waals surface area (Å²) in [5, 5.41) is 4.25. The van der Waals surface area contributed by atoms with Gasteiger partial charge in [-0.25, -0.2) is 15.0 Å². The predicted molar refractivity (Wildman–Crippen MR) is 70.0 cm³/mol. The van der Waals surface area contributed by atoms with E-state index in [1.165, 1.54) is 0 Å². The minimum Gasteiger partial charge on any atom is -0.383 e. The molecule has 0 atom stereocenters. The molecule has 0 bridgehead atoms. The van der Waals surface area contributed by atoms with Gasteiger partial charge >= 0.3 is 0 Å². The lowest BCUT2D eigenvalue weighted by molar-refractivity contribution is 0.704. The van der Waals surface area contributed by atoms with Crippen LogP contribution in [0.5, 0.6) is 0 Å². The quantitative estimate of drug-likeness (QED) is 0.744. The van der Waals surface area contributed by atoms with Gasteiger partial charge < -0.3 is 10.3 Å². The molecule has 0 aliphatic carbocycles. The Kier molecular flexibility index (Phi) is 2.71. The first-order valence-corrected chi connectivity index (χ1v) is 5.79. The molecule has 0 aliphatic heterocycles. The first kappa shape index (κ1) is 11.4. The zero-order valence-corrected chi connectivity index (χ0v) is 10.4. The molecule has 0 fully saturated rings. The van der Waals surface area contributed by atoms with Crippen LogP contribution in [-0.4, -0.2) is 29.3 Å². The van der Waals surface area contributed by atoms with Crippen LogP contribution in [0, 0.1) is 0 Å². The molecule has 0 saturated heterocycles. The number of anilines is 1. The van der Waals surface area contributed by atoms with Crippen molar-refractivity contribution in [1.29, 1.82) is 0 Å². The van der Waals surface area contributed by atoms with Gasteiger partial charge in [0, 0.05) is 18.8 Å². The van der Waals surface area contributed by atoms with Crippen LogP contribution in [0.25, 0.3) is 11.3 Å². The van der Waals surface area contributed by atoms with Crippen LogP contribution >= 0.6 is 0 Å². The Hall–Kier alpha value is -2.70. The average Bonchev–Trinajstić information content (AvgIpc) is 3.00. The monoisotopic (exact) mass is 255 g/mol. The fraction of sp³-hybridized carbons (Fsp3) is 0.167. The van der Waals surface area contributed by atoms with Crippen molar-refractivity contribution in [1.82, 2.24) is 29.3 Å². The van der Waals surface area contributed by atoms with Gasteiger partial charge in [-0.3, -0.25) is 4.68 Å². The van der Waals surface area contributed by atoms with E-state index in [9.17, 15) is 0 Å². The van der Waals surface area contributed by atoms with E-state index in [1.807, 2.05) is 23.7 Å². The summed E-state index contributed by atoms with van der Waals surface area (Å²) in [6, 6.07) is 3.77. The standard InChI is InChI=1S/C12H13N7/c1-18-8-16-11(17-18)6-19-7-14-5-10(19)9-3-2-4-15-12(9)13/h2-5,7-8H,6H2,1H3,(H2,13,15). The molecule has 7 heteroatoms. The van der Waals surface area contributed by atoms with E-state index in [4.69, 9.17) is 5.73 Å². The van der Waals surface area contributed by atoms with Gasteiger partial charge in [0.1, 0.15) is 12.1 Å². The zero-order valence-electron chi connectivity index (χ0n) is 10.4. The van der Waals surface area contributed by atoms with Crippen molar-refractivity contribution < 1.29 is 0 Å². The third-order valence-corrected chi connectivity index (χ3v) is 2.79. The van der Waals surface area contributed by atoms with E-state index < -0.39 is 0 Å². The van der Waals surface area contributed by atoms with Crippen molar-refractivity contribution in [3.63, 3.8) is 0 Å². The maximum Gasteiger partial charge on any atom is 0.170 e.